The van der Waals surface area contributed by atoms with Crippen LogP contribution in [0.3, 0.4) is 0 Å². The molecule has 5 rings (SSSR count). The fourth-order valence-corrected chi connectivity index (χ4v) is 5.08. The van der Waals surface area contributed by atoms with E-state index in [1.165, 1.54) is 20.1 Å². The highest BCUT2D eigenvalue weighted by atomic mass is 35.5. The fourth-order valence-electron chi connectivity index (χ4n) is 4.89. The Kier molecular flexibility index (Phi) is 6.47. The second-order valence-corrected chi connectivity index (χ2v) is 9.57. The lowest BCUT2D eigenvalue weighted by molar-refractivity contribution is 0.0928. The fraction of sp³-hybridized carbons (Fsp3) is 0.385. The third kappa shape index (κ3) is 4.38. The van der Waals surface area contributed by atoms with Crippen molar-refractivity contribution in [3.8, 4) is 0 Å². The van der Waals surface area contributed by atoms with Crippen LogP contribution in [0.2, 0.25) is 5.02 Å². The Balaban J connectivity index is 1.65. The van der Waals surface area contributed by atoms with E-state index in [1.807, 2.05) is 25.1 Å². The van der Waals surface area contributed by atoms with Crippen molar-refractivity contribution in [2.75, 3.05) is 0 Å². The van der Waals surface area contributed by atoms with Crippen LogP contribution in [0.5, 0.6) is 0 Å². The van der Waals surface area contributed by atoms with E-state index in [4.69, 9.17) is 11.6 Å². The number of halogens is 1. The number of hydrogen-bond acceptors (Lipinski definition) is 4. The van der Waals surface area contributed by atoms with Crippen LogP contribution in [0.1, 0.15) is 61.4 Å². The van der Waals surface area contributed by atoms with Crippen molar-refractivity contribution in [2.45, 2.75) is 64.6 Å². The molecule has 1 fully saturated rings. The van der Waals surface area contributed by atoms with Gasteiger partial charge in [0.1, 0.15) is 0 Å². The predicted octanol–water partition coefficient (Wildman–Crippen LogP) is 3.99. The molecule has 1 N–H and O–H groups in total. The summed E-state index contributed by atoms with van der Waals surface area (Å²) in [6.45, 7) is 2.55. The highest BCUT2D eigenvalue weighted by Crippen LogP contribution is 2.20. The number of nitrogens with one attached hydrogen (secondary N) is 1. The number of aromatic nitrogens is 4. The highest BCUT2D eigenvalue weighted by Gasteiger charge is 2.21. The van der Waals surface area contributed by atoms with Crippen LogP contribution in [-0.2, 0) is 13.1 Å². The second-order valence-electron chi connectivity index (χ2n) is 9.16. The van der Waals surface area contributed by atoms with Gasteiger partial charge in [0.15, 0.2) is 0 Å². The molecule has 0 aliphatic heterocycles. The van der Waals surface area contributed by atoms with Crippen LogP contribution in [0.25, 0.3) is 16.7 Å². The van der Waals surface area contributed by atoms with Gasteiger partial charge < -0.3 is 5.32 Å². The van der Waals surface area contributed by atoms with Crippen molar-refractivity contribution in [1.82, 2.24) is 24.1 Å². The molecule has 9 heteroatoms. The maximum absolute atomic E-state index is 13.5. The van der Waals surface area contributed by atoms with Crippen molar-refractivity contribution in [3.05, 3.63) is 79.5 Å². The first-order chi connectivity index (χ1) is 17.0. The maximum Gasteiger partial charge on any atom is 0.352 e. The molecule has 1 aliphatic rings. The van der Waals surface area contributed by atoms with Gasteiger partial charge in [-0.3, -0.25) is 14.2 Å². The van der Waals surface area contributed by atoms with E-state index in [1.54, 1.807) is 24.3 Å². The number of fused-ring (bicyclic) bond motifs is 3. The minimum Gasteiger partial charge on any atom is -0.349 e. The number of carbonyl (C=O) groups is 1. The van der Waals surface area contributed by atoms with Gasteiger partial charge in [-0.1, -0.05) is 56.0 Å². The Bertz CT molecular complexity index is 1530. The van der Waals surface area contributed by atoms with Crippen LogP contribution in [0, 0.1) is 0 Å². The van der Waals surface area contributed by atoms with Crippen molar-refractivity contribution in [2.24, 2.45) is 0 Å². The summed E-state index contributed by atoms with van der Waals surface area (Å²) in [4.78, 5) is 39.9. The molecule has 8 nitrogen and oxygen atoms in total. The molecule has 35 heavy (non-hydrogen) atoms. The number of rotatable bonds is 6. The molecule has 4 aromatic rings. The topological polar surface area (TPSA) is 90.4 Å². The van der Waals surface area contributed by atoms with Gasteiger partial charge >= 0.3 is 5.69 Å². The van der Waals surface area contributed by atoms with Gasteiger partial charge in [0.25, 0.3) is 11.5 Å². The summed E-state index contributed by atoms with van der Waals surface area (Å²) in [6, 6.07) is 12.3. The second kappa shape index (κ2) is 9.70. The molecule has 0 radical (unpaired) electrons. The summed E-state index contributed by atoms with van der Waals surface area (Å²) in [5.74, 6) is 0.0624. The van der Waals surface area contributed by atoms with Crippen molar-refractivity contribution < 1.29 is 4.79 Å². The van der Waals surface area contributed by atoms with Gasteiger partial charge in [-0.05, 0) is 49.1 Å². The molecule has 2 aromatic heterocycles. The first-order valence-electron chi connectivity index (χ1n) is 12.2. The Hall–Kier alpha value is -3.39. The number of carbonyl (C=O) groups excluding carboxylic acids is 1. The zero-order valence-corrected chi connectivity index (χ0v) is 20.4. The van der Waals surface area contributed by atoms with Gasteiger partial charge in [-0.2, -0.15) is 0 Å². The molecule has 1 amide bonds. The van der Waals surface area contributed by atoms with E-state index in [-0.39, 0.29) is 35.5 Å². The molecular formula is C26H28ClN5O3. The quantitative estimate of drug-likeness (QED) is 0.440. The van der Waals surface area contributed by atoms with Crippen LogP contribution in [0.15, 0.2) is 52.1 Å². The van der Waals surface area contributed by atoms with Gasteiger partial charge in [0.05, 0.1) is 17.4 Å². The third-order valence-electron chi connectivity index (χ3n) is 6.71. The maximum atomic E-state index is 13.5. The normalized spacial score (nSPS) is 14.6. The van der Waals surface area contributed by atoms with E-state index in [2.05, 4.69) is 10.4 Å². The van der Waals surface area contributed by atoms with Crippen molar-refractivity contribution >= 4 is 34.2 Å². The van der Waals surface area contributed by atoms with E-state index >= 15 is 0 Å². The summed E-state index contributed by atoms with van der Waals surface area (Å²) in [5, 5.41) is 8.54. The van der Waals surface area contributed by atoms with E-state index in [9.17, 15) is 14.4 Å². The molecule has 1 aliphatic carbocycles. The zero-order chi connectivity index (χ0) is 24.5. The standard InChI is InChI=1S/C26H28ClN5O3/c1-2-14-30-24(34)20-13-12-17(23(33)28-19-9-4-3-5-10-19)15-22(20)32-25(30)29-31(26(32)35)16-18-8-6-7-11-21(18)27/h6-8,11-13,15,19H,2-5,9-10,14,16H2,1H3,(H,28,33). The number of hydrogen-bond donors (Lipinski definition) is 1. The van der Waals surface area contributed by atoms with E-state index in [0.717, 1.165) is 31.2 Å². The van der Waals surface area contributed by atoms with Crippen LogP contribution in [-0.4, -0.2) is 30.7 Å². The lowest BCUT2D eigenvalue weighted by atomic mass is 9.95. The summed E-state index contributed by atoms with van der Waals surface area (Å²) < 4.78 is 4.27. The number of benzene rings is 2. The lowest BCUT2D eigenvalue weighted by Gasteiger charge is -2.22. The molecule has 0 atom stereocenters. The first kappa shape index (κ1) is 23.4. The van der Waals surface area contributed by atoms with Crippen molar-refractivity contribution in [1.29, 1.82) is 0 Å². The van der Waals surface area contributed by atoms with Gasteiger partial charge in [0, 0.05) is 23.2 Å². The molecule has 182 valence electrons. The molecule has 2 aromatic carbocycles. The van der Waals surface area contributed by atoms with E-state index < -0.39 is 0 Å². The number of aryl methyl sites for hydroxylation is 1. The Morgan fingerprint density at radius 3 is 2.63 bits per heavy atom. The average Bonchev–Trinajstić information content (AvgIpc) is 3.19. The average molecular weight is 494 g/mol. The summed E-state index contributed by atoms with van der Waals surface area (Å²) >= 11 is 6.31. The predicted molar refractivity (Wildman–Crippen MR) is 136 cm³/mol. The Morgan fingerprint density at radius 2 is 1.89 bits per heavy atom. The lowest BCUT2D eigenvalue weighted by Crippen LogP contribution is -2.36. The Labute approximate surface area is 207 Å². The molecule has 0 saturated heterocycles. The zero-order valence-electron chi connectivity index (χ0n) is 19.7. The molecule has 0 spiro atoms. The van der Waals surface area contributed by atoms with Gasteiger partial charge in [0.2, 0.25) is 5.78 Å². The van der Waals surface area contributed by atoms with Crippen molar-refractivity contribution in [3.63, 3.8) is 0 Å². The summed E-state index contributed by atoms with van der Waals surface area (Å²) in [5.41, 5.74) is 0.927. The molecule has 0 unspecified atom stereocenters. The number of amides is 1. The SMILES string of the molecule is CCCn1c(=O)c2ccc(C(=O)NC3CCCCC3)cc2n2c(=O)n(Cc3ccccc3Cl)nc12. The number of nitrogens with zero attached hydrogens (tertiary/aromatic N) is 4. The van der Waals surface area contributed by atoms with Crippen LogP contribution < -0.4 is 16.6 Å². The van der Waals surface area contributed by atoms with Crippen LogP contribution in [0.4, 0.5) is 0 Å². The van der Waals surface area contributed by atoms with Gasteiger partial charge in [-0.15, -0.1) is 5.10 Å². The minimum atomic E-state index is -0.389. The monoisotopic (exact) mass is 493 g/mol. The Morgan fingerprint density at radius 1 is 1.11 bits per heavy atom. The smallest absolute Gasteiger partial charge is 0.349 e. The van der Waals surface area contributed by atoms with Crippen LogP contribution >= 0.6 is 11.6 Å². The van der Waals surface area contributed by atoms with E-state index in [0.29, 0.717) is 34.5 Å². The van der Waals surface area contributed by atoms with Gasteiger partial charge in [-0.25, -0.2) is 13.9 Å². The first-order valence-corrected chi connectivity index (χ1v) is 12.6. The molecule has 1 saturated carbocycles. The molecule has 2 heterocycles. The largest absolute Gasteiger partial charge is 0.352 e. The summed E-state index contributed by atoms with van der Waals surface area (Å²) in [6.07, 6.45) is 6.07. The molecule has 0 bridgehead atoms. The molecular weight excluding hydrogens is 466 g/mol. The highest BCUT2D eigenvalue weighted by molar-refractivity contribution is 6.31. The minimum absolute atomic E-state index is 0.158. The third-order valence-corrected chi connectivity index (χ3v) is 7.07. The summed E-state index contributed by atoms with van der Waals surface area (Å²) in [7, 11) is 0.